The van der Waals surface area contributed by atoms with Gasteiger partial charge in [-0.25, -0.2) is 9.97 Å². The summed E-state index contributed by atoms with van der Waals surface area (Å²) in [5.41, 5.74) is 0.279. The first-order valence-corrected chi connectivity index (χ1v) is 4.53. The van der Waals surface area contributed by atoms with E-state index in [9.17, 15) is 4.79 Å². The maximum atomic E-state index is 10.9. The second-order valence-corrected chi connectivity index (χ2v) is 3.25. The van der Waals surface area contributed by atoms with Crippen LogP contribution < -0.4 is 10.6 Å². The second kappa shape index (κ2) is 3.92. The number of carbonyl (C=O) groups is 1. The summed E-state index contributed by atoms with van der Waals surface area (Å²) < 4.78 is 0. The van der Waals surface area contributed by atoms with Crippen LogP contribution in [-0.4, -0.2) is 28.5 Å². The van der Waals surface area contributed by atoms with Gasteiger partial charge in [0.05, 0.1) is 18.4 Å². The molecule has 1 amide bonds. The SMILES string of the molecule is N#Cc1cnc(NC2CNC(=O)C2)cn1. The Bertz CT molecular complexity index is 408. The summed E-state index contributed by atoms with van der Waals surface area (Å²) in [4.78, 5) is 18.8. The zero-order chi connectivity index (χ0) is 10.7. The summed E-state index contributed by atoms with van der Waals surface area (Å²) in [6, 6.07) is 1.94. The first kappa shape index (κ1) is 9.40. The third kappa shape index (κ3) is 2.20. The van der Waals surface area contributed by atoms with Gasteiger partial charge in [0.1, 0.15) is 11.9 Å². The van der Waals surface area contributed by atoms with Crippen LogP contribution in [0.15, 0.2) is 12.4 Å². The minimum Gasteiger partial charge on any atom is -0.364 e. The van der Waals surface area contributed by atoms with Crippen molar-refractivity contribution < 1.29 is 4.79 Å². The smallest absolute Gasteiger partial charge is 0.222 e. The maximum absolute atomic E-state index is 10.9. The van der Waals surface area contributed by atoms with Gasteiger partial charge in [-0.2, -0.15) is 5.26 Å². The molecule has 1 aliphatic heterocycles. The average Bonchev–Trinajstić information content (AvgIpc) is 2.65. The molecule has 1 aliphatic rings. The van der Waals surface area contributed by atoms with Gasteiger partial charge in [-0.3, -0.25) is 4.79 Å². The van der Waals surface area contributed by atoms with Crippen LogP contribution in [0.1, 0.15) is 12.1 Å². The molecule has 0 aliphatic carbocycles. The third-order valence-electron chi connectivity index (χ3n) is 2.10. The molecule has 0 radical (unpaired) electrons. The zero-order valence-electron chi connectivity index (χ0n) is 7.90. The number of rotatable bonds is 2. The first-order valence-electron chi connectivity index (χ1n) is 4.53. The Balaban J connectivity index is 1.99. The minimum atomic E-state index is 0.0362. The molecule has 2 rings (SSSR count). The lowest BCUT2D eigenvalue weighted by molar-refractivity contribution is -0.119. The van der Waals surface area contributed by atoms with Gasteiger partial charge >= 0.3 is 0 Å². The lowest BCUT2D eigenvalue weighted by Gasteiger charge is -2.09. The van der Waals surface area contributed by atoms with Crippen molar-refractivity contribution in [3.8, 4) is 6.07 Å². The summed E-state index contributed by atoms with van der Waals surface area (Å²) in [6.07, 6.45) is 3.33. The van der Waals surface area contributed by atoms with Crippen LogP contribution in [0.25, 0.3) is 0 Å². The van der Waals surface area contributed by atoms with E-state index in [1.54, 1.807) is 0 Å². The van der Waals surface area contributed by atoms with E-state index in [1.807, 2.05) is 6.07 Å². The fourth-order valence-electron chi connectivity index (χ4n) is 1.38. The van der Waals surface area contributed by atoms with Crippen molar-refractivity contribution in [3.63, 3.8) is 0 Å². The number of carbonyl (C=O) groups excluding carboxylic acids is 1. The maximum Gasteiger partial charge on any atom is 0.222 e. The van der Waals surface area contributed by atoms with Crippen molar-refractivity contribution in [3.05, 3.63) is 18.1 Å². The monoisotopic (exact) mass is 203 g/mol. The summed E-state index contributed by atoms with van der Waals surface area (Å²) in [5, 5.41) is 14.3. The molecule has 0 saturated carbocycles. The largest absolute Gasteiger partial charge is 0.364 e. The van der Waals surface area contributed by atoms with E-state index in [-0.39, 0.29) is 17.6 Å². The predicted octanol–water partition coefficient (Wildman–Crippen LogP) is -0.351. The molecule has 6 heteroatoms. The fourth-order valence-corrected chi connectivity index (χ4v) is 1.38. The van der Waals surface area contributed by atoms with Crippen LogP contribution in [0.5, 0.6) is 0 Å². The molecule has 2 N–H and O–H groups in total. The summed E-state index contributed by atoms with van der Waals surface area (Å²) in [6.45, 7) is 0.598. The number of nitrogens with zero attached hydrogens (tertiary/aromatic N) is 3. The normalized spacial score (nSPS) is 19.4. The average molecular weight is 203 g/mol. The molecule has 76 valence electrons. The quantitative estimate of drug-likeness (QED) is 0.685. The van der Waals surface area contributed by atoms with E-state index in [2.05, 4.69) is 20.6 Å². The molecule has 1 atom stereocenters. The molecule has 1 aromatic heterocycles. The Morgan fingerprint density at radius 2 is 2.40 bits per heavy atom. The molecule has 1 saturated heterocycles. The number of hydrogen-bond acceptors (Lipinski definition) is 5. The molecule has 0 aromatic carbocycles. The number of hydrogen-bond donors (Lipinski definition) is 2. The van der Waals surface area contributed by atoms with Gasteiger partial charge in [0.2, 0.25) is 5.91 Å². The number of anilines is 1. The Kier molecular flexibility index (Phi) is 2.46. The molecule has 15 heavy (non-hydrogen) atoms. The standard InChI is InChI=1S/C9H9N5O/c10-2-7-4-12-8(5-11-7)14-6-1-9(15)13-3-6/h4-6H,1,3H2,(H,12,14)(H,13,15). The Morgan fingerprint density at radius 3 is 2.93 bits per heavy atom. The van der Waals surface area contributed by atoms with Crippen molar-refractivity contribution in [2.45, 2.75) is 12.5 Å². The molecule has 1 aromatic rings. The number of nitriles is 1. The van der Waals surface area contributed by atoms with Crippen LogP contribution in [0.2, 0.25) is 0 Å². The summed E-state index contributed by atoms with van der Waals surface area (Å²) in [5.74, 6) is 0.615. The molecule has 2 heterocycles. The summed E-state index contributed by atoms with van der Waals surface area (Å²) in [7, 11) is 0. The van der Waals surface area contributed by atoms with Crippen LogP contribution in [0, 0.1) is 11.3 Å². The van der Waals surface area contributed by atoms with Gasteiger partial charge in [0, 0.05) is 13.0 Å². The van der Waals surface area contributed by atoms with Gasteiger partial charge in [-0.15, -0.1) is 0 Å². The predicted molar refractivity (Wildman–Crippen MR) is 51.8 cm³/mol. The third-order valence-corrected chi connectivity index (χ3v) is 2.10. The Morgan fingerprint density at radius 1 is 1.53 bits per heavy atom. The van der Waals surface area contributed by atoms with Gasteiger partial charge in [-0.05, 0) is 0 Å². The first-order chi connectivity index (χ1) is 7.28. The topological polar surface area (TPSA) is 90.7 Å². The lowest BCUT2D eigenvalue weighted by Crippen LogP contribution is -2.22. The van der Waals surface area contributed by atoms with Gasteiger partial charge in [0.25, 0.3) is 0 Å². The molecule has 0 spiro atoms. The van der Waals surface area contributed by atoms with Gasteiger partial charge in [-0.1, -0.05) is 0 Å². The van der Waals surface area contributed by atoms with Crippen molar-refractivity contribution in [2.75, 3.05) is 11.9 Å². The number of amides is 1. The molecule has 1 unspecified atom stereocenters. The highest BCUT2D eigenvalue weighted by Crippen LogP contribution is 2.07. The fraction of sp³-hybridized carbons (Fsp3) is 0.333. The zero-order valence-corrected chi connectivity index (χ0v) is 7.90. The highest BCUT2D eigenvalue weighted by molar-refractivity contribution is 5.79. The van der Waals surface area contributed by atoms with Gasteiger partial charge in [0.15, 0.2) is 5.69 Å². The highest BCUT2D eigenvalue weighted by atomic mass is 16.1. The van der Waals surface area contributed by atoms with Crippen LogP contribution >= 0.6 is 0 Å². The van der Waals surface area contributed by atoms with Crippen LogP contribution in [0.4, 0.5) is 5.82 Å². The van der Waals surface area contributed by atoms with E-state index in [1.165, 1.54) is 12.4 Å². The van der Waals surface area contributed by atoms with Crippen molar-refractivity contribution in [1.82, 2.24) is 15.3 Å². The highest BCUT2D eigenvalue weighted by Gasteiger charge is 2.21. The Labute approximate surface area is 86.3 Å². The molecule has 0 bridgehead atoms. The number of nitrogens with one attached hydrogen (secondary N) is 2. The van der Waals surface area contributed by atoms with Gasteiger partial charge < -0.3 is 10.6 Å². The van der Waals surface area contributed by atoms with Crippen LogP contribution in [0.3, 0.4) is 0 Å². The molecule has 6 nitrogen and oxygen atoms in total. The Hall–Kier alpha value is -2.16. The van der Waals surface area contributed by atoms with Crippen molar-refractivity contribution in [2.24, 2.45) is 0 Å². The molecule has 1 fully saturated rings. The second-order valence-electron chi connectivity index (χ2n) is 3.25. The van der Waals surface area contributed by atoms with Crippen LogP contribution in [-0.2, 0) is 4.79 Å². The van der Waals surface area contributed by atoms with E-state index in [0.29, 0.717) is 18.8 Å². The van der Waals surface area contributed by atoms with E-state index >= 15 is 0 Å². The number of aromatic nitrogens is 2. The van der Waals surface area contributed by atoms with E-state index < -0.39 is 0 Å². The molecular formula is C9H9N5O. The minimum absolute atomic E-state index is 0.0362. The summed E-state index contributed by atoms with van der Waals surface area (Å²) >= 11 is 0. The van der Waals surface area contributed by atoms with E-state index in [0.717, 1.165) is 0 Å². The van der Waals surface area contributed by atoms with E-state index in [4.69, 9.17) is 5.26 Å². The van der Waals surface area contributed by atoms with Crippen molar-refractivity contribution in [1.29, 1.82) is 5.26 Å². The van der Waals surface area contributed by atoms with Crippen molar-refractivity contribution >= 4 is 11.7 Å². The lowest BCUT2D eigenvalue weighted by atomic mass is 10.2. The molecular weight excluding hydrogens is 194 g/mol.